The molecule has 2 nitrogen and oxygen atoms in total. The van der Waals surface area contributed by atoms with Crippen LogP contribution in [0.25, 0.3) is 5.69 Å². The minimum Gasteiger partial charge on any atom is -0.381 e. The normalized spacial score (nSPS) is 10.6. The van der Waals surface area contributed by atoms with Crippen LogP contribution >= 0.6 is 27.5 Å². The molecule has 0 spiro atoms. The lowest BCUT2D eigenvalue weighted by Gasteiger charge is -2.10. The van der Waals surface area contributed by atoms with Crippen LogP contribution in [0.3, 0.4) is 0 Å². The molecule has 0 amide bonds. The maximum absolute atomic E-state index is 5.96. The van der Waals surface area contributed by atoms with Gasteiger partial charge in [-0.25, -0.2) is 0 Å². The number of nitrogens with one attached hydrogen (secondary N) is 1. The summed E-state index contributed by atoms with van der Waals surface area (Å²) in [5.41, 5.74) is 3.40. The van der Waals surface area contributed by atoms with Crippen molar-refractivity contribution in [1.82, 2.24) is 4.57 Å². The Labute approximate surface area is 137 Å². The zero-order valence-corrected chi connectivity index (χ0v) is 13.6. The molecule has 0 saturated heterocycles. The summed E-state index contributed by atoms with van der Waals surface area (Å²) in [4.78, 5) is 0. The van der Waals surface area contributed by atoms with Crippen molar-refractivity contribution < 1.29 is 0 Å². The van der Waals surface area contributed by atoms with Crippen LogP contribution in [0.15, 0.2) is 71.5 Å². The van der Waals surface area contributed by atoms with Crippen molar-refractivity contribution in [3.8, 4) is 5.69 Å². The number of benzene rings is 2. The van der Waals surface area contributed by atoms with Crippen molar-refractivity contribution >= 4 is 33.2 Å². The Morgan fingerprint density at radius 2 is 1.81 bits per heavy atom. The monoisotopic (exact) mass is 360 g/mol. The molecule has 0 bridgehead atoms. The highest BCUT2D eigenvalue weighted by atomic mass is 79.9. The number of rotatable bonds is 4. The van der Waals surface area contributed by atoms with Crippen molar-refractivity contribution in [3.63, 3.8) is 0 Å². The van der Waals surface area contributed by atoms with Crippen molar-refractivity contribution in [2.45, 2.75) is 6.54 Å². The molecule has 3 aromatic rings. The molecule has 0 saturated carbocycles. The zero-order valence-electron chi connectivity index (χ0n) is 11.3. The molecular formula is C17H14BrClN2. The molecule has 3 rings (SSSR count). The molecule has 0 aliphatic carbocycles. The van der Waals surface area contributed by atoms with E-state index in [0.29, 0.717) is 0 Å². The molecule has 0 atom stereocenters. The van der Waals surface area contributed by atoms with E-state index >= 15 is 0 Å². The van der Waals surface area contributed by atoms with Crippen LogP contribution in [0.4, 0.5) is 5.69 Å². The fourth-order valence-electron chi connectivity index (χ4n) is 2.15. The Morgan fingerprint density at radius 3 is 2.57 bits per heavy atom. The van der Waals surface area contributed by atoms with Crippen LogP contribution in [-0.4, -0.2) is 4.57 Å². The van der Waals surface area contributed by atoms with E-state index < -0.39 is 0 Å². The van der Waals surface area contributed by atoms with Gasteiger partial charge < -0.3 is 9.88 Å². The lowest BCUT2D eigenvalue weighted by molar-refractivity contribution is 1.07. The third kappa shape index (κ3) is 3.49. The van der Waals surface area contributed by atoms with Crippen molar-refractivity contribution in [1.29, 1.82) is 0 Å². The van der Waals surface area contributed by atoms with E-state index in [1.807, 2.05) is 42.7 Å². The van der Waals surface area contributed by atoms with Crippen LogP contribution in [0.1, 0.15) is 5.56 Å². The SMILES string of the molecule is Clc1ccc(CNc2cccc(-n3cccc3)c2)c(Br)c1. The second-order valence-electron chi connectivity index (χ2n) is 4.73. The third-order valence-electron chi connectivity index (χ3n) is 3.25. The van der Waals surface area contributed by atoms with E-state index in [-0.39, 0.29) is 0 Å². The Bertz CT molecular complexity index is 738. The number of hydrogen-bond acceptors (Lipinski definition) is 1. The summed E-state index contributed by atoms with van der Waals surface area (Å²) in [6.45, 7) is 0.743. The molecule has 0 unspecified atom stereocenters. The fourth-order valence-corrected chi connectivity index (χ4v) is 2.97. The molecule has 1 aromatic heterocycles. The van der Waals surface area contributed by atoms with E-state index in [4.69, 9.17) is 11.6 Å². The maximum Gasteiger partial charge on any atom is 0.0469 e. The first-order chi connectivity index (χ1) is 10.2. The highest BCUT2D eigenvalue weighted by Crippen LogP contribution is 2.23. The molecular weight excluding hydrogens is 348 g/mol. The summed E-state index contributed by atoms with van der Waals surface area (Å²) in [6.07, 6.45) is 4.07. The number of aromatic nitrogens is 1. The van der Waals surface area contributed by atoms with Gasteiger partial charge in [0.1, 0.15) is 0 Å². The van der Waals surface area contributed by atoms with Crippen molar-refractivity contribution in [2.75, 3.05) is 5.32 Å². The van der Waals surface area contributed by atoms with Crippen LogP contribution in [0, 0.1) is 0 Å². The molecule has 4 heteroatoms. The molecule has 1 heterocycles. The number of anilines is 1. The lowest BCUT2D eigenvalue weighted by atomic mass is 10.2. The van der Waals surface area contributed by atoms with Gasteiger partial charge in [-0.15, -0.1) is 0 Å². The molecule has 106 valence electrons. The zero-order chi connectivity index (χ0) is 14.7. The van der Waals surface area contributed by atoms with Crippen molar-refractivity contribution in [3.05, 3.63) is 82.0 Å². The van der Waals surface area contributed by atoms with Gasteiger partial charge in [0.25, 0.3) is 0 Å². The predicted molar refractivity (Wildman–Crippen MR) is 92.2 cm³/mol. The summed E-state index contributed by atoms with van der Waals surface area (Å²) >= 11 is 9.50. The fraction of sp³-hybridized carbons (Fsp3) is 0.0588. The Balaban J connectivity index is 1.75. The molecule has 0 radical (unpaired) electrons. The van der Waals surface area contributed by atoms with Crippen LogP contribution in [0.5, 0.6) is 0 Å². The van der Waals surface area contributed by atoms with E-state index in [1.165, 1.54) is 5.56 Å². The first-order valence-electron chi connectivity index (χ1n) is 6.63. The maximum atomic E-state index is 5.96. The van der Waals surface area contributed by atoms with Gasteiger partial charge >= 0.3 is 0 Å². The van der Waals surface area contributed by atoms with Gasteiger partial charge in [-0.1, -0.05) is 39.7 Å². The number of hydrogen-bond donors (Lipinski definition) is 1. The summed E-state index contributed by atoms with van der Waals surface area (Å²) in [5, 5.41) is 4.17. The standard InChI is InChI=1S/C17H14BrClN2/c18-17-10-14(19)7-6-13(17)12-20-15-4-3-5-16(11-15)21-8-1-2-9-21/h1-11,20H,12H2. The second-order valence-corrected chi connectivity index (χ2v) is 6.02. The summed E-state index contributed by atoms with van der Waals surface area (Å²) in [7, 11) is 0. The molecule has 0 fully saturated rings. The highest BCUT2D eigenvalue weighted by molar-refractivity contribution is 9.10. The Kier molecular flexibility index (Phi) is 4.32. The third-order valence-corrected chi connectivity index (χ3v) is 4.22. The van der Waals surface area contributed by atoms with E-state index in [0.717, 1.165) is 27.4 Å². The number of nitrogens with zero attached hydrogens (tertiary/aromatic N) is 1. The number of halogens is 2. The van der Waals surface area contributed by atoms with Crippen LogP contribution in [-0.2, 0) is 6.54 Å². The highest BCUT2D eigenvalue weighted by Gasteiger charge is 2.02. The summed E-state index contributed by atoms with van der Waals surface area (Å²) in [5.74, 6) is 0. The molecule has 0 aliphatic heterocycles. The van der Waals surface area contributed by atoms with Gasteiger partial charge in [-0.05, 0) is 48.0 Å². The van der Waals surface area contributed by atoms with E-state index in [2.05, 4.69) is 50.1 Å². The van der Waals surface area contributed by atoms with Crippen LogP contribution in [0.2, 0.25) is 5.02 Å². The average Bonchev–Trinajstić information content (AvgIpc) is 3.01. The Morgan fingerprint density at radius 1 is 1.00 bits per heavy atom. The minimum atomic E-state index is 0.736. The van der Waals surface area contributed by atoms with Gasteiger partial charge in [-0.2, -0.15) is 0 Å². The minimum absolute atomic E-state index is 0.736. The van der Waals surface area contributed by atoms with E-state index in [1.54, 1.807) is 0 Å². The molecule has 0 aliphatic rings. The largest absolute Gasteiger partial charge is 0.381 e. The quantitative estimate of drug-likeness (QED) is 0.649. The first kappa shape index (κ1) is 14.2. The van der Waals surface area contributed by atoms with Gasteiger partial charge in [0.15, 0.2) is 0 Å². The van der Waals surface area contributed by atoms with Gasteiger partial charge in [0, 0.05) is 39.8 Å². The van der Waals surface area contributed by atoms with Gasteiger partial charge in [-0.3, -0.25) is 0 Å². The van der Waals surface area contributed by atoms with Gasteiger partial charge in [0.05, 0.1) is 0 Å². The smallest absolute Gasteiger partial charge is 0.0469 e. The van der Waals surface area contributed by atoms with E-state index in [9.17, 15) is 0 Å². The average molecular weight is 362 g/mol. The Hall–Kier alpha value is -1.71. The summed E-state index contributed by atoms with van der Waals surface area (Å²) in [6, 6.07) is 18.2. The molecule has 1 N–H and O–H groups in total. The molecule has 2 aromatic carbocycles. The topological polar surface area (TPSA) is 17.0 Å². The molecule has 21 heavy (non-hydrogen) atoms. The summed E-state index contributed by atoms with van der Waals surface area (Å²) < 4.78 is 3.10. The van der Waals surface area contributed by atoms with Gasteiger partial charge in [0.2, 0.25) is 0 Å². The lowest BCUT2D eigenvalue weighted by Crippen LogP contribution is -2.01. The van der Waals surface area contributed by atoms with Crippen molar-refractivity contribution in [2.24, 2.45) is 0 Å². The van der Waals surface area contributed by atoms with Crippen LogP contribution < -0.4 is 5.32 Å². The predicted octanol–water partition coefficient (Wildman–Crippen LogP) is 5.51. The second kappa shape index (κ2) is 6.37. The first-order valence-corrected chi connectivity index (χ1v) is 7.81.